The SMILES string of the molecule is CC/C=C\C/C=C\C/C=C\C/C=C\C/C=C\CCCCCCCCOCC(CO)OC(=O)CCCCCCCCCCC/C=C\C/C=C\CCCCC. The molecule has 0 aliphatic rings. The zero-order valence-corrected chi connectivity index (χ0v) is 34.8. The van der Waals surface area contributed by atoms with Gasteiger partial charge in [-0.3, -0.25) is 4.79 Å². The predicted octanol–water partition coefficient (Wildman–Crippen LogP) is 14.8. The van der Waals surface area contributed by atoms with E-state index in [1.807, 2.05) is 0 Å². The molecule has 4 nitrogen and oxygen atoms in total. The summed E-state index contributed by atoms with van der Waals surface area (Å²) >= 11 is 0. The van der Waals surface area contributed by atoms with Crippen LogP contribution in [0.5, 0.6) is 0 Å². The highest BCUT2D eigenvalue weighted by molar-refractivity contribution is 5.69. The van der Waals surface area contributed by atoms with Crippen molar-refractivity contribution in [1.82, 2.24) is 0 Å². The van der Waals surface area contributed by atoms with E-state index in [1.165, 1.54) is 103 Å². The Morgan fingerprint density at radius 2 is 0.849 bits per heavy atom. The molecule has 0 saturated heterocycles. The molecule has 0 aromatic rings. The van der Waals surface area contributed by atoms with E-state index in [1.54, 1.807) is 0 Å². The number of ether oxygens (including phenoxy) is 2. The maximum Gasteiger partial charge on any atom is 0.306 e. The van der Waals surface area contributed by atoms with Crippen molar-refractivity contribution < 1.29 is 19.4 Å². The maximum absolute atomic E-state index is 12.2. The van der Waals surface area contributed by atoms with Crippen molar-refractivity contribution in [2.45, 2.75) is 200 Å². The molecule has 1 atom stereocenters. The molecule has 0 saturated carbocycles. The number of carbonyl (C=O) groups is 1. The summed E-state index contributed by atoms with van der Waals surface area (Å²) in [6.07, 6.45) is 63.5. The molecule has 53 heavy (non-hydrogen) atoms. The Balaban J connectivity index is 3.50. The van der Waals surface area contributed by atoms with Gasteiger partial charge in [0, 0.05) is 13.0 Å². The number of hydrogen-bond acceptors (Lipinski definition) is 4. The lowest BCUT2D eigenvalue weighted by Gasteiger charge is -2.15. The van der Waals surface area contributed by atoms with E-state index in [2.05, 4.69) is 98.9 Å². The minimum atomic E-state index is -0.550. The Kier molecular flexibility index (Phi) is 43.6. The average molecular weight is 737 g/mol. The van der Waals surface area contributed by atoms with Crippen LogP contribution in [-0.2, 0) is 14.3 Å². The summed E-state index contributed by atoms with van der Waals surface area (Å²) < 4.78 is 11.2. The first-order valence-electron chi connectivity index (χ1n) is 22.2. The third kappa shape index (κ3) is 43.9. The first-order chi connectivity index (χ1) is 26.2. The maximum atomic E-state index is 12.2. The molecule has 1 unspecified atom stereocenters. The third-order valence-corrected chi connectivity index (χ3v) is 9.20. The lowest BCUT2D eigenvalue weighted by Crippen LogP contribution is -2.27. The molecule has 0 aliphatic heterocycles. The monoisotopic (exact) mass is 737 g/mol. The van der Waals surface area contributed by atoms with Gasteiger partial charge in [-0.25, -0.2) is 0 Å². The molecular weight excluding hydrogens is 653 g/mol. The fourth-order valence-corrected chi connectivity index (χ4v) is 5.91. The lowest BCUT2D eigenvalue weighted by molar-refractivity contribution is -0.154. The molecule has 0 heterocycles. The second kappa shape index (κ2) is 45.7. The number of hydrogen-bond donors (Lipinski definition) is 1. The molecular formula is C49H84O4. The van der Waals surface area contributed by atoms with Gasteiger partial charge in [0.05, 0.1) is 13.2 Å². The highest BCUT2D eigenvalue weighted by atomic mass is 16.6. The number of rotatable bonds is 40. The zero-order valence-electron chi connectivity index (χ0n) is 34.8. The smallest absolute Gasteiger partial charge is 0.306 e. The summed E-state index contributed by atoms with van der Waals surface area (Å²) in [7, 11) is 0. The van der Waals surface area contributed by atoms with Gasteiger partial charge < -0.3 is 14.6 Å². The average Bonchev–Trinajstić information content (AvgIpc) is 3.16. The molecule has 0 radical (unpaired) electrons. The van der Waals surface area contributed by atoms with Gasteiger partial charge in [-0.1, -0.05) is 182 Å². The molecule has 0 bridgehead atoms. The summed E-state index contributed by atoms with van der Waals surface area (Å²) in [5, 5.41) is 9.62. The summed E-state index contributed by atoms with van der Waals surface area (Å²) in [4.78, 5) is 12.2. The van der Waals surface area contributed by atoms with Gasteiger partial charge in [0.1, 0.15) is 6.10 Å². The number of esters is 1. The lowest BCUT2D eigenvalue weighted by atomic mass is 10.1. The number of allylic oxidation sites excluding steroid dienone is 14. The van der Waals surface area contributed by atoms with Gasteiger partial charge in [-0.2, -0.15) is 0 Å². The summed E-state index contributed by atoms with van der Waals surface area (Å²) in [6.45, 7) is 5.17. The van der Waals surface area contributed by atoms with Crippen LogP contribution in [0.3, 0.4) is 0 Å². The van der Waals surface area contributed by atoms with Crippen LogP contribution in [0.25, 0.3) is 0 Å². The van der Waals surface area contributed by atoms with Gasteiger partial charge >= 0.3 is 5.97 Å². The molecule has 0 aliphatic carbocycles. The number of aliphatic hydroxyl groups excluding tert-OH is 1. The Hall–Kier alpha value is -2.43. The zero-order chi connectivity index (χ0) is 38.4. The van der Waals surface area contributed by atoms with Crippen molar-refractivity contribution in [1.29, 1.82) is 0 Å². The van der Waals surface area contributed by atoms with Crippen LogP contribution in [0, 0.1) is 0 Å². The van der Waals surface area contributed by atoms with Crippen molar-refractivity contribution in [2.24, 2.45) is 0 Å². The van der Waals surface area contributed by atoms with Crippen LogP contribution in [0.4, 0.5) is 0 Å². The van der Waals surface area contributed by atoms with E-state index in [0.29, 0.717) is 13.0 Å². The Morgan fingerprint density at radius 1 is 0.472 bits per heavy atom. The number of aliphatic hydroxyl groups is 1. The molecule has 1 N–H and O–H groups in total. The van der Waals surface area contributed by atoms with E-state index >= 15 is 0 Å². The minimum Gasteiger partial charge on any atom is -0.457 e. The highest BCUT2D eigenvalue weighted by Gasteiger charge is 2.13. The molecule has 0 aromatic carbocycles. The quantitative estimate of drug-likeness (QED) is 0.0387. The standard InChI is InChI=1S/C49H84O4/c1-3-5-7-9-11-13-15-17-19-21-23-24-25-27-29-31-33-35-37-39-41-43-45-52-47-48(46-50)53-49(51)44-42-40-38-36-34-32-30-28-26-22-20-18-16-14-12-10-8-6-4-2/h5,7,11-14,17-20,23-24,27,29,48,50H,3-4,6,8-10,15-16,21-22,25-26,28,30-47H2,1-2H3/b7-5-,13-11-,14-12-,19-17-,20-18-,24-23-,29-27-. The van der Waals surface area contributed by atoms with Crippen molar-refractivity contribution in [3.8, 4) is 0 Å². The van der Waals surface area contributed by atoms with E-state index in [-0.39, 0.29) is 19.2 Å². The van der Waals surface area contributed by atoms with Crippen LogP contribution in [0.1, 0.15) is 194 Å². The molecule has 0 spiro atoms. The largest absolute Gasteiger partial charge is 0.457 e. The minimum absolute atomic E-state index is 0.184. The predicted molar refractivity (Wildman–Crippen MR) is 232 cm³/mol. The van der Waals surface area contributed by atoms with E-state index in [0.717, 1.165) is 70.6 Å². The van der Waals surface area contributed by atoms with E-state index in [4.69, 9.17) is 9.47 Å². The van der Waals surface area contributed by atoms with Gasteiger partial charge in [0.2, 0.25) is 0 Å². The molecule has 0 aromatic heterocycles. The van der Waals surface area contributed by atoms with Crippen LogP contribution >= 0.6 is 0 Å². The Bertz CT molecular complexity index is 954. The van der Waals surface area contributed by atoms with E-state index in [9.17, 15) is 9.90 Å². The fourth-order valence-electron chi connectivity index (χ4n) is 5.91. The number of unbranched alkanes of at least 4 members (excludes halogenated alkanes) is 18. The fraction of sp³-hybridized carbons (Fsp3) is 0.694. The Labute approximate surface area is 329 Å². The van der Waals surface area contributed by atoms with Crippen LogP contribution in [0.2, 0.25) is 0 Å². The van der Waals surface area contributed by atoms with Crippen molar-refractivity contribution in [3.63, 3.8) is 0 Å². The molecule has 304 valence electrons. The summed E-state index contributed by atoms with van der Waals surface area (Å²) in [5.41, 5.74) is 0. The first-order valence-corrected chi connectivity index (χ1v) is 22.2. The molecule has 0 rings (SSSR count). The van der Waals surface area contributed by atoms with Gasteiger partial charge in [-0.05, 0) is 89.9 Å². The molecule has 0 fully saturated rings. The van der Waals surface area contributed by atoms with Crippen LogP contribution in [-0.4, -0.2) is 37.0 Å². The van der Waals surface area contributed by atoms with Gasteiger partial charge in [0.25, 0.3) is 0 Å². The third-order valence-electron chi connectivity index (χ3n) is 9.20. The number of carbonyl (C=O) groups excluding carboxylic acids is 1. The molecule has 0 amide bonds. The van der Waals surface area contributed by atoms with Crippen molar-refractivity contribution in [2.75, 3.05) is 19.8 Å². The summed E-state index contributed by atoms with van der Waals surface area (Å²) in [5.74, 6) is -0.214. The van der Waals surface area contributed by atoms with Crippen LogP contribution < -0.4 is 0 Å². The van der Waals surface area contributed by atoms with Gasteiger partial charge in [0.15, 0.2) is 0 Å². The first kappa shape index (κ1) is 50.6. The topological polar surface area (TPSA) is 55.8 Å². The van der Waals surface area contributed by atoms with Crippen molar-refractivity contribution in [3.05, 3.63) is 85.1 Å². The highest BCUT2D eigenvalue weighted by Crippen LogP contribution is 2.13. The second-order valence-corrected chi connectivity index (χ2v) is 14.4. The second-order valence-electron chi connectivity index (χ2n) is 14.4. The van der Waals surface area contributed by atoms with E-state index < -0.39 is 6.10 Å². The Morgan fingerprint density at radius 3 is 1.28 bits per heavy atom. The van der Waals surface area contributed by atoms with Crippen LogP contribution in [0.15, 0.2) is 85.1 Å². The molecule has 4 heteroatoms. The van der Waals surface area contributed by atoms with Gasteiger partial charge in [-0.15, -0.1) is 0 Å². The summed E-state index contributed by atoms with van der Waals surface area (Å²) in [6, 6.07) is 0. The van der Waals surface area contributed by atoms with Crippen molar-refractivity contribution >= 4 is 5.97 Å². The normalized spacial score (nSPS) is 13.2.